The topological polar surface area (TPSA) is 70.7 Å². The van der Waals surface area contributed by atoms with Gasteiger partial charge in [0.25, 0.3) is 5.91 Å². The van der Waals surface area contributed by atoms with Crippen LogP contribution in [0.25, 0.3) is 11.2 Å². The first kappa shape index (κ1) is 14.9. The number of aromatic nitrogens is 3. The predicted octanol–water partition coefficient (Wildman–Crippen LogP) is 3.37. The third kappa shape index (κ3) is 2.85. The van der Waals surface area contributed by atoms with Gasteiger partial charge in [-0.1, -0.05) is 0 Å². The van der Waals surface area contributed by atoms with E-state index in [-0.39, 0.29) is 11.3 Å². The van der Waals surface area contributed by atoms with Crippen LogP contribution in [0.1, 0.15) is 15.9 Å². The molecular weight excluding hydrogens is 316 g/mol. The molecule has 3 rings (SSSR count). The molecule has 0 bridgehead atoms. The van der Waals surface area contributed by atoms with Crippen molar-refractivity contribution in [2.24, 2.45) is 0 Å². The molecule has 0 fully saturated rings. The number of H-pyrrole nitrogens is 1. The molecule has 1 aromatic carbocycles. The Morgan fingerprint density at radius 2 is 1.96 bits per heavy atom. The number of halogens is 4. The summed E-state index contributed by atoms with van der Waals surface area (Å²) in [5, 5.41) is 2.30. The lowest BCUT2D eigenvalue weighted by Gasteiger charge is -2.11. The molecule has 0 aliphatic rings. The number of benzene rings is 1. The molecule has 2 aromatic heterocycles. The van der Waals surface area contributed by atoms with Gasteiger partial charge < -0.3 is 10.3 Å². The van der Waals surface area contributed by atoms with Crippen LogP contribution in [0.4, 0.5) is 23.2 Å². The van der Waals surface area contributed by atoms with Gasteiger partial charge in [-0.3, -0.25) is 4.79 Å². The van der Waals surface area contributed by atoms with E-state index in [9.17, 15) is 22.4 Å². The Bertz CT molecular complexity index is 888. The second-order valence-corrected chi connectivity index (χ2v) is 4.61. The van der Waals surface area contributed by atoms with Gasteiger partial charge >= 0.3 is 6.18 Å². The van der Waals surface area contributed by atoms with Gasteiger partial charge in [-0.15, -0.1) is 0 Å². The van der Waals surface area contributed by atoms with Crippen molar-refractivity contribution in [1.29, 1.82) is 0 Å². The highest BCUT2D eigenvalue weighted by Gasteiger charge is 2.34. The van der Waals surface area contributed by atoms with Crippen LogP contribution in [0.5, 0.6) is 0 Å². The molecule has 0 aliphatic heterocycles. The minimum absolute atomic E-state index is 0.158. The smallest absolute Gasteiger partial charge is 0.343 e. The highest BCUT2D eigenvalue weighted by Crippen LogP contribution is 2.33. The van der Waals surface area contributed by atoms with Crippen LogP contribution in [0, 0.1) is 5.82 Å². The summed E-state index contributed by atoms with van der Waals surface area (Å²) in [5.41, 5.74) is -0.814. The van der Waals surface area contributed by atoms with Gasteiger partial charge in [-0.25, -0.2) is 14.4 Å². The van der Waals surface area contributed by atoms with Gasteiger partial charge in [0, 0.05) is 11.9 Å². The summed E-state index contributed by atoms with van der Waals surface area (Å²) in [4.78, 5) is 22.7. The maximum absolute atomic E-state index is 13.2. The van der Waals surface area contributed by atoms with Gasteiger partial charge in [-0.2, -0.15) is 13.2 Å². The average molecular weight is 324 g/mol. The normalized spacial score (nSPS) is 11.7. The summed E-state index contributed by atoms with van der Waals surface area (Å²) in [6.07, 6.45) is -2.16. The summed E-state index contributed by atoms with van der Waals surface area (Å²) in [6.45, 7) is 0. The van der Waals surface area contributed by atoms with Crippen molar-refractivity contribution >= 4 is 22.8 Å². The zero-order chi connectivity index (χ0) is 16.6. The Balaban J connectivity index is 1.93. The van der Waals surface area contributed by atoms with E-state index in [0.29, 0.717) is 23.3 Å². The van der Waals surface area contributed by atoms with Crippen molar-refractivity contribution in [3.63, 3.8) is 0 Å². The molecule has 2 N–H and O–H groups in total. The summed E-state index contributed by atoms with van der Waals surface area (Å²) in [7, 11) is 0. The number of pyridine rings is 1. The second-order valence-electron chi connectivity index (χ2n) is 4.61. The third-order valence-corrected chi connectivity index (χ3v) is 3.10. The summed E-state index contributed by atoms with van der Waals surface area (Å²) < 4.78 is 51.3. The third-order valence-electron chi connectivity index (χ3n) is 3.10. The lowest BCUT2D eigenvalue weighted by molar-refractivity contribution is -0.139. The van der Waals surface area contributed by atoms with E-state index in [4.69, 9.17) is 0 Å². The summed E-state index contributed by atoms with van der Waals surface area (Å²) in [6, 6.07) is 3.63. The number of anilines is 1. The average Bonchev–Trinajstić information content (AvgIpc) is 2.96. The molecule has 0 spiro atoms. The highest BCUT2D eigenvalue weighted by molar-refractivity contribution is 6.10. The van der Waals surface area contributed by atoms with E-state index in [2.05, 4.69) is 20.3 Å². The van der Waals surface area contributed by atoms with Crippen LogP contribution in [0.3, 0.4) is 0 Å². The second kappa shape index (κ2) is 5.34. The fourth-order valence-electron chi connectivity index (χ4n) is 2.06. The first-order valence-electron chi connectivity index (χ1n) is 6.32. The molecule has 0 saturated heterocycles. The molecule has 23 heavy (non-hydrogen) atoms. The number of alkyl halides is 3. The van der Waals surface area contributed by atoms with Crippen molar-refractivity contribution < 1.29 is 22.4 Å². The van der Waals surface area contributed by atoms with E-state index < -0.39 is 23.5 Å². The summed E-state index contributed by atoms with van der Waals surface area (Å²) in [5.74, 6) is -2.07. The zero-order valence-electron chi connectivity index (χ0n) is 11.3. The molecule has 2 heterocycles. The van der Waals surface area contributed by atoms with Gasteiger partial charge in [0.2, 0.25) is 0 Å². The van der Waals surface area contributed by atoms with Crippen LogP contribution in [-0.4, -0.2) is 20.9 Å². The Morgan fingerprint density at radius 3 is 2.70 bits per heavy atom. The highest BCUT2D eigenvalue weighted by atomic mass is 19.4. The molecular formula is C14H8F4N4O. The number of hydrogen-bond acceptors (Lipinski definition) is 3. The van der Waals surface area contributed by atoms with E-state index in [1.54, 1.807) is 0 Å². The number of aromatic amines is 1. The van der Waals surface area contributed by atoms with Crippen molar-refractivity contribution in [3.8, 4) is 0 Å². The number of rotatable bonds is 2. The van der Waals surface area contributed by atoms with Crippen LogP contribution >= 0.6 is 0 Å². The lowest BCUT2D eigenvalue weighted by Crippen LogP contribution is -2.14. The molecule has 0 aliphatic carbocycles. The minimum atomic E-state index is -4.85. The van der Waals surface area contributed by atoms with E-state index >= 15 is 0 Å². The first-order chi connectivity index (χ1) is 10.9. The Kier molecular flexibility index (Phi) is 3.47. The first-order valence-corrected chi connectivity index (χ1v) is 6.32. The molecule has 9 heteroatoms. The largest absolute Gasteiger partial charge is 0.419 e. The Morgan fingerprint density at radius 1 is 1.17 bits per heavy atom. The van der Waals surface area contributed by atoms with Gasteiger partial charge in [0.1, 0.15) is 5.82 Å². The molecule has 0 unspecified atom stereocenters. The number of fused-ring (bicyclic) bond motifs is 1. The van der Waals surface area contributed by atoms with Crippen molar-refractivity contribution in [3.05, 3.63) is 53.7 Å². The Labute approximate surface area is 126 Å². The van der Waals surface area contributed by atoms with Crippen LogP contribution < -0.4 is 5.32 Å². The lowest BCUT2D eigenvalue weighted by atomic mass is 10.1. The van der Waals surface area contributed by atoms with Crippen LogP contribution in [-0.2, 0) is 6.18 Å². The van der Waals surface area contributed by atoms with Crippen molar-refractivity contribution in [2.75, 3.05) is 5.32 Å². The zero-order valence-corrected chi connectivity index (χ0v) is 11.3. The number of carbonyl (C=O) groups is 1. The maximum Gasteiger partial charge on any atom is 0.419 e. The number of imidazole rings is 1. The number of nitrogens with one attached hydrogen (secondary N) is 2. The minimum Gasteiger partial charge on any atom is -0.343 e. The fourth-order valence-corrected chi connectivity index (χ4v) is 2.06. The molecule has 5 nitrogen and oxygen atoms in total. The van der Waals surface area contributed by atoms with Crippen LogP contribution in [0.15, 0.2) is 36.8 Å². The number of carbonyl (C=O) groups excluding carboxylic acids is 1. The Hall–Kier alpha value is -2.97. The molecule has 0 radical (unpaired) electrons. The number of amides is 1. The molecule has 3 aromatic rings. The number of nitrogens with zero attached hydrogens (tertiary/aromatic N) is 2. The molecule has 118 valence electrons. The van der Waals surface area contributed by atoms with E-state index in [1.807, 2.05) is 0 Å². The van der Waals surface area contributed by atoms with Gasteiger partial charge in [0.05, 0.1) is 23.0 Å². The fraction of sp³-hybridized carbons (Fsp3) is 0.0714. The van der Waals surface area contributed by atoms with Gasteiger partial charge in [0.15, 0.2) is 5.65 Å². The maximum atomic E-state index is 13.2. The van der Waals surface area contributed by atoms with E-state index in [0.717, 1.165) is 6.07 Å². The summed E-state index contributed by atoms with van der Waals surface area (Å²) >= 11 is 0. The predicted molar refractivity (Wildman–Crippen MR) is 73.2 cm³/mol. The van der Waals surface area contributed by atoms with E-state index in [1.165, 1.54) is 18.6 Å². The molecule has 0 atom stereocenters. The van der Waals surface area contributed by atoms with Gasteiger partial charge in [-0.05, 0) is 24.3 Å². The molecule has 1 amide bonds. The monoisotopic (exact) mass is 324 g/mol. The molecule has 0 saturated carbocycles. The SMILES string of the molecule is O=C(Nc1ccc(F)c(C(F)(F)F)c1)c1ccnc2nc[nH]c12. The quantitative estimate of drug-likeness (QED) is 0.710. The van der Waals surface area contributed by atoms with Crippen LogP contribution in [0.2, 0.25) is 0 Å². The number of hydrogen-bond donors (Lipinski definition) is 2. The van der Waals surface area contributed by atoms with Crippen molar-refractivity contribution in [1.82, 2.24) is 15.0 Å². The van der Waals surface area contributed by atoms with Crippen molar-refractivity contribution in [2.45, 2.75) is 6.18 Å². The standard InChI is InChI=1S/C14H8F4N4O/c15-10-2-1-7(5-9(10)14(16,17)18)22-13(23)8-3-4-19-12-11(8)20-6-21-12/h1-6H,(H,22,23)(H,19,20,21).